The van der Waals surface area contributed by atoms with Crippen LogP contribution in [0.4, 0.5) is 18.9 Å². The maximum Gasteiger partial charge on any atom is 0.255 e. The molecule has 2 saturated carbocycles. The van der Waals surface area contributed by atoms with E-state index in [9.17, 15) is 41.7 Å². The third-order valence-electron chi connectivity index (χ3n) is 7.73. The van der Waals surface area contributed by atoms with E-state index >= 15 is 0 Å². The predicted molar refractivity (Wildman–Crippen MR) is 136 cm³/mol. The topological polar surface area (TPSA) is 133 Å². The molecular formula is C26H29ClF3NO7S. The van der Waals surface area contributed by atoms with Crippen LogP contribution < -0.4 is 5.32 Å². The SMILES string of the molecule is C[C@@H](O)[C@H](O)COC[C@]1(O)C2CCC1C[C@@H](S(=O)(=O)c1cc(C(=O)Nc3cc(F)c(F)c(F)c3)ccc1Cl)C2. The molecule has 2 bridgehead atoms. The number of fused-ring (bicyclic) bond motifs is 2. The number of anilines is 1. The van der Waals surface area contributed by atoms with Crippen molar-refractivity contribution in [3.63, 3.8) is 0 Å². The van der Waals surface area contributed by atoms with Gasteiger partial charge in [0.2, 0.25) is 0 Å². The minimum atomic E-state index is -4.07. The molecule has 13 heteroatoms. The minimum absolute atomic E-state index is 0.111. The fraction of sp³-hybridized carbons (Fsp3) is 0.500. The highest BCUT2D eigenvalue weighted by Crippen LogP contribution is 2.52. The first kappa shape index (κ1) is 29.8. The molecule has 4 atom stereocenters. The average Bonchev–Trinajstić information content (AvgIpc) is 3.03. The summed E-state index contributed by atoms with van der Waals surface area (Å²) in [6.07, 6.45) is -0.710. The maximum absolute atomic E-state index is 13.6. The average molecular weight is 592 g/mol. The summed E-state index contributed by atoms with van der Waals surface area (Å²) < 4.78 is 73.0. The van der Waals surface area contributed by atoms with E-state index < -0.39 is 68.1 Å². The molecule has 2 aromatic rings. The lowest BCUT2D eigenvalue weighted by molar-refractivity contribution is -0.129. The Hall–Kier alpha value is -2.22. The molecule has 2 unspecified atom stereocenters. The summed E-state index contributed by atoms with van der Waals surface area (Å²) in [5.41, 5.74) is -1.79. The highest BCUT2D eigenvalue weighted by Gasteiger charge is 2.56. The van der Waals surface area contributed by atoms with Gasteiger partial charge in [0.1, 0.15) is 6.10 Å². The molecule has 214 valence electrons. The second kappa shape index (κ2) is 11.3. The Kier molecular flexibility index (Phi) is 8.65. The number of benzene rings is 2. The largest absolute Gasteiger partial charge is 0.391 e. The summed E-state index contributed by atoms with van der Waals surface area (Å²) in [6.45, 7) is 1.12. The summed E-state index contributed by atoms with van der Waals surface area (Å²) in [5.74, 6) is -6.36. The zero-order valence-corrected chi connectivity index (χ0v) is 22.5. The van der Waals surface area contributed by atoms with Crippen LogP contribution in [-0.2, 0) is 14.6 Å². The number of hydrogen-bond donors (Lipinski definition) is 4. The lowest BCUT2D eigenvalue weighted by Gasteiger charge is -2.42. The summed E-state index contributed by atoms with van der Waals surface area (Å²) >= 11 is 6.23. The number of amides is 1. The fourth-order valence-corrected chi connectivity index (χ4v) is 7.86. The molecule has 4 N–H and O–H groups in total. The van der Waals surface area contributed by atoms with Crippen LogP contribution in [-0.4, -0.2) is 65.9 Å². The molecule has 8 nitrogen and oxygen atoms in total. The number of halogens is 4. The van der Waals surface area contributed by atoms with Gasteiger partial charge in [0, 0.05) is 23.4 Å². The van der Waals surface area contributed by atoms with E-state index in [0.29, 0.717) is 25.0 Å². The van der Waals surface area contributed by atoms with Crippen molar-refractivity contribution in [1.82, 2.24) is 0 Å². The fourth-order valence-electron chi connectivity index (χ4n) is 5.45. The van der Waals surface area contributed by atoms with Crippen LogP contribution in [0.25, 0.3) is 0 Å². The van der Waals surface area contributed by atoms with Crippen molar-refractivity contribution in [3.05, 3.63) is 58.4 Å². The van der Waals surface area contributed by atoms with E-state index in [1.54, 1.807) is 0 Å². The van der Waals surface area contributed by atoms with E-state index in [-0.39, 0.29) is 47.2 Å². The van der Waals surface area contributed by atoms with Gasteiger partial charge in [-0.2, -0.15) is 0 Å². The van der Waals surface area contributed by atoms with Gasteiger partial charge in [0.15, 0.2) is 27.3 Å². The van der Waals surface area contributed by atoms with Crippen LogP contribution >= 0.6 is 11.6 Å². The van der Waals surface area contributed by atoms with Gasteiger partial charge in [-0.1, -0.05) is 11.6 Å². The summed E-state index contributed by atoms with van der Waals surface area (Å²) in [6, 6.07) is 4.74. The van der Waals surface area contributed by atoms with E-state index in [4.69, 9.17) is 16.3 Å². The molecule has 0 saturated heterocycles. The van der Waals surface area contributed by atoms with Crippen LogP contribution in [0.5, 0.6) is 0 Å². The number of ether oxygens (including phenoxy) is 1. The highest BCUT2D eigenvalue weighted by molar-refractivity contribution is 7.92. The second-order valence-corrected chi connectivity index (χ2v) is 12.9. The predicted octanol–water partition coefficient (Wildman–Crippen LogP) is 3.46. The van der Waals surface area contributed by atoms with Crippen LogP contribution in [0, 0.1) is 29.3 Å². The lowest BCUT2D eigenvalue weighted by Crippen LogP contribution is -2.51. The molecule has 4 rings (SSSR count). The quantitative estimate of drug-likeness (QED) is 0.328. The number of hydrogen-bond acceptors (Lipinski definition) is 7. The van der Waals surface area contributed by atoms with E-state index in [1.807, 2.05) is 0 Å². The van der Waals surface area contributed by atoms with Crippen LogP contribution in [0.1, 0.15) is 43.0 Å². The van der Waals surface area contributed by atoms with Crippen molar-refractivity contribution in [2.24, 2.45) is 11.8 Å². The van der Waals surface area contributed by atoms with Crippen molar-refractivity contribution >= 4 is 33.0 Å². The standard InChI is InChI=1S/C26H29ClF3NO7S/c1-13(32)22(33)11-38-12-26(35)15-3-4-16(26)8-18(7-15)39(36,37)23-6-14(2-5-19(23)27)25(34)31-17-9-20(28)24(30)21(29)10-17/h2,5-6,9-10,13,15-16,18,22,32-33,35H,3-4,7-8,11-12H2,1H3,(H,31,34)/t13-,15?,16?,18-,22-,26-/m1/s1. The third-order valence-corrected chi connectivity index (χ3v) is 10.4. The number of carbonyl (C=O) groups excluding carboxylic acids is 1. The van der Waals surface area contributed by atoms with Gasteiger partial charge in [-0.25, -0.2) is 21.6 Å². The van der Waals surface area contributed by atoms with Crippen molar-refractivity contribution in [2.45, 2.75) is 60.6 Å². The maximum atomic E-state index is 13.6. The molecule has 2 aliphatic rings. The molecule has 0 radical (unpaired) electrons. The Labute approximate surface area is 228 Å². The van der Waals surface area contributed by atoms with Crippen molar-refractivity contribution < 1.29 is 46.4 Å². The Bertz CT molecular complexity index is 1320. The van der Waals surface area contributed by atoms with Crippen molar-refractivity contribution in [2.75, 3.05) is 18.5 Å². The highest BCUT2D eigenvalue weighted by atomic mass is 35.5. The smallest absolute Gasteiger partial charge is 0.255 e. The first-order chi connectivity index (χ1) is 18.2. The molecule has 39 heavy (non-hydrogen) atoms. The number of rotatable bonds is 9. The molecule has 2 aromatic carbocycles. The zero-order valence-electron chi connectivity index (χ0n) is 20.9. The number of nitrogens with one attached hydrogen (secondary N) is 1. The van der Waals surface area contributed by atoms with Gasteiger partial charge in [0.25, 0.3) is 5.91 Å². The Morgan fingerprint density at radius 2 is 1.72 bits per heavy atom. The van der Waals surface area contributed by atoms with Crippen LogP contribution in [0.3, 0.4) is 0 Å². The van der Waals surface area contributed by atoms with E-state index in [1.165, 1.54) is 19.1 Å². The number of carbonyl (C=O) groups is 1. The molecular weight excluding hydrogens is 563 g/mol. The Morgan fingerprint density at radius 3 is 2.28 bits per heavy atom. The summed E-state index contributed by atoms with van der Waals surface area (Å²) in [5, 5.41) is 31.7. The van der Waals surface area contributed by atoms with Crippen molar-refractivity contribution in [1.29, 1.82) is 0 Å². The Morgan fingerprint density at radius 1 is 1.13 bits per heavy atom. The summed E-state index contributed by atoms with van der Waals surface area (Å²) in [7, 11) is -4.07. The monoisotopic (exact) mass is 591 g/mol. The molecule has 0 spiro atoms. The number of aliphatic hydroxyl groups excluding tert-OH is 2. The van der Waals surface area contributed by atoms with E-state index in [2.05, 4.69) is 5.32 Å². The number of sulfone groups is 1. The normalized spacial score (nSPS) is 26.3. The molecule has 0 aromatic heterocycles. The molecule has 0 aliphatic heterocycles. The molecule has 2 aliphatic carbocycles. The minimum Gasteiger partial charge on any atom is -0.391 e. The van der Waals surface area contributed by atoms with Gasteiger partial charge in [0.05, 0.1) is 40.1 Å². The first-order valence-corrected chi connectivity index (χ1v) is 14.3. The number of aliphatic hydroxyl groups is 3. The van der Waals surface area contributed by atoms with Crippen LogP contribution in [0.2, 0.25) is 5.02 Å². The second-order valence-electron chi connectivity index (χ2n) is 10.3. The zero-order chi connectivity index (χ0) is 28.7. The van der Waals surface area contributed by atoms with Gasteiger partial charge in [-0.05, 0) is 62.6 Å². The van der Waals surface area contributed by atoms with Gasteiger partial charge >= 0.3 is 0 Å². The molecule has 2 fully saturated rings. The molecule has 0 heterocycles. The Balaban J connectivity index is 1.50. The molecule has 1 amide bonds. The third kappa shape index (κ3) is 5.96. The van der Waals surface area contributed by atoms with Crippen molar-refractivity contribution in [3.8, 4) is 0 Å². The lowest BCUT2D eigenvalue weighted by atomic mass is 9.75. The van der Waals surface area contributed by atoms with Gasteiger partial charge < -0.3 is 25.4 Å². The van der Waals surface area contributed by atoms with Crippen LogP contribution in [0.15, 0.2) is 35.2 Å². The van der Waals surface area contributed by atoms with E-state index in [0.717, 1.165) is 6.07 Å². The van der Waals surface area contributed by atoms with Gasteiger partial charge in [-0.3, -0.25) is 4.79 Å². The van der Waals surface area contributed by atoms with Gasteiger partial charge in [-0.15, -0.1) is 0 Å². The summed E-state index contributed by atoms with van der Waals surface area (Å²) in [4.78, 5) is 12.4. The first-order valence-electron chi connectivity index (χ1n) is 12.4.